The van der Waals surface area contributed by atoms with E-state index in [4.69, 9.17) is 4.98 Å². The molecule has 0 saturated heterocycles. The van der Waals surface area contributed by atoms with Gasteiger partial charge in [0, 0.05) is 3.57 Å². The molecule has 0 saturated carbocycles. The van der Waals surface area contributed by atoms with Gasteiger partial charge in [0.2, 0.25) is 0 Å². The Kier molecular flexibility index (Phi) is 5.24. The van der Waals surface area contributed by atoms with E-state index < -0.39 is 0 Å². The van der Waals surface area contributed by atoms with E-state index in [1.807, 2.05) is 68.5 Å². The molecule has 144 valence electrons. The number of nitrogens with zero attached hydrogens (tertiary/aromatic N) is 2. The Morgan fingerprint density at radius 2 is 1.72 bits per heavy atom. The van der Waals surface area contributed by atoms with Crippen molar-refractivity contribution in [1.82, 2.24) is 9.55 Å². The monoisotopic (exact) mass is 494 g/mol. The quantitative estimate of drug-likeness (QED) is 0.384. The van der Waals surface area contributed by atoms with Crippen LogP contribution in [0.2, 0.25) is 0 Å². The van der Waals surface area contributed by atoms with Crippen molar-refractivity contribution in [2.45, 2.75) is 13.8 Å². The zero-order chi connectivity index (χ0) is 20.5. The van der Waals surface area contributed by atoms with E-state index in [0.717, 1.165) is 25.9 Å². The third-order valence-electron chi connectivity index (χ3n) is 4.77. The number of aromatic nitrogens is 2. The van der Waals surface area contributed by atoms with Gasteiger partial charge in [0.15, 0.2) is 0 Å². The summed E-state index contributed by atoms with van der Waals surface area (Å²) in [6.45, 7) is 4.04. The van der Waals surface area contributed by atoms with E-state index >= 15 is 0 Å². The van der Waals surface area contributed by atoms with Crippen LogP contribution in [0.3, 0.4) is 0 Å². The molecule has 29 heavy (non-hydrogen) atoms. The van der Waals surface area contributed by atoms with E-state index in [1.54, 1.807) is 16.7 Å². The van der Waals surface area contributed by atoms with Crippen LogP contribution in [0.25, 0.3) is 28.7 Å². The van der Waals surface area contributed by atoms with Crippen molar-refractivity contribution in [3.8, 4) is 11.4 Å². The lowest BCUT2D eigenvalue weighted by Gasteiger charge is -2.14. The predicted molar refractivity (Wildman–Crippen MR) is 127 cm³/mol. The lowest BCUT2D eigenvalue weighted by atomic mass is 10.1. The molecule has 0 fully saturated rings. The molecule has 1 N–H and O–H groups in total. The Balaban J connectivity index is 1.97. The minimum Gasteiger partial charge on any atom is -0.508 e. The van der Waals surface area contributed by atoms with Crippen LogP contribution < -0.4 is 5.56 Å². The number of hydrogen-bond acceptors (Lipinski definition) is 3. The highest BCUT2D eigenvalue weighted by atomic mass is 127. The van der Waals surface area contributed by atoms with Gasteiger partial charge in [-0.2, -0.15) is 0 Å². The zero-order valence-corrected chi connectivity index (χ0v) is 18.2. The molecule has 0 spiro atoms. The van der Waals surface area contributed by atoms with Gasteiger partial charge in [-0.25, -0.2) is 4.98 Å². The van der Waals surface area contributed by atoms with Crippen molar-refractivity contribution >= 4 is 45.6 Å². The first-order chi connectivity index (χ1) is 13.9. The number of hydrogen-bond donors (Lipinski definition) is 1. The summed E-state index contributed by atoms with van der Waals surface area (Å²) < 4.78 is 2.66. The summed E-state index contributed by atoms with van der Waals surface area (Å²) in [4.78, 5) is 18.2. The molecule has 4 aromatic rings. The number of rotatable bonds is 3. The SMILES string of the molecule is Cc1ccc(-n2c(/C=C/c3ccc(O)cc3)nc3ccc(I)cc3c2=O)c(C)c1. The lowest BCUT2D eigenvalue weighted by molar-refractivity contribution is 0.475. The standard InChI is InChI=1S/C24H19IN2O2/c1-15-3-11-22(16(2)13-15)27-23(12-6-17-4-8-19(28)9-5-17)26-21-10-7-18(25)14-20(21)24(27)29/h3-14,28H,1-2H3/b12-6+. The molecule has 0 aliphatic rings. The summed E-state index contributed by atoms with van der Waals surface area (Å²) in [5.74, 6) is 0.775. The molecular formula is C24H19IN2O2. The molecule has 0 atom stereocenters. The molecule has 4 rings (SSSR count). The third kappa shape index (κ3) is 3.96. The lowest BCUT2D eigenvalue weighted by Crippen LogP contribution is -2.23. The van der Waals surface area contributed by atoms with Crippen LogP contribution in [-0.2, 0) is 0 Å². The molecular weight excluding hydrogens is 475 g/mol. The fourth-order valence-corrected chi connectivity index (χ4v) is 3.82. The van der Waals surface area contributed by atoms with Gasteiger partial charge in [0.1, 0.15) is 11.6 Å². The highest BCUT2D eigenvalue weighted by molar-refractivity contribution is 14.1. The molecule has 4 nitrogen and oxygen atoms in total. The summed E-state index contributed by atoms with van der Waals surface area (Å²) in [5, 5.41) is 10.1. The number of halogens is 1. The van der Waals surface area contributed by atoms with Gasteiger partial charge in [-0.3, -0.25) is 9.36 Å². The Hall–Kier alpha value is -2.93. The van der Waals surface area contributed by atoms with E-state index in [9.17, 15) is 9.90 Å². The molecule has 0 aliphatic heterocycles. The van der Waals surface area contributed by atoms with Crippen molar-refractivity contribution in [1.29, 1.82) is 0 Å². The smallest absolute Gasteiger partial charge is 0.266 e. The highest BCUT2D eigenvalue weighted by Gasteiger charge is 2.13. The van der Waals surface area contributed by atoms with Gasteiger partial charge in [-0.15, -0.1) is 0 Å². The van der Waals surface area contributed by atoms with Crippen molar-refractivity contribution < 1.29 is 5.11 Å². The van der Waals surface area contributed by atoms with E-state index in [1.165, 1.54) is 0 Å². The Labute approximate surface area is 182 Å². The van der Waals surface area contributed by atoms with Crippen LogP contribution >= 0.6 is 22.6 Å². The normalized spacial score (nSPS) is 11.4. The molecule has 0 unspecified atom stereocenters. The molecule has 0 aliphatic carbocycles. The van der Waals surface area contributed by atoms with Gasteiger partial charge in [-0.05, 0) is 90.0 Å². The second-order valence-corrected chi connectivity index (χ2v) is 8.23. The average Bonchev–Trinajstić information content (AvgIpc) is 2.69. The summed E-state index contributed by atoms with van der Waals surface area (Å²) in [7, 11) is 0. The number of phenols is 1. The number of fused-ring (bicyclic) bond motifs is 1. The number of phenolic OH excluding ortho intramolecular Hbond substituents is 1. The van der Waals surface area contributed by atoms with E-state index in [0.29, 0.717) is 16.7 Å². The largest absolute Gasteiger partial charge is 0.508 e. The minimum atomic E-state index is -0.0918. The topological polar surface area (TPSA) is 55.1 Å². The van der Waals surface area contributed by atoms with Gasteiger partial charge in [0.25, 0.3) is 5.56 Å². The molecule has 0 bridgehead atoms. The Bertz CT molecular complexity index is 1310. The van der Waals surface area contributed by atoms with Crippen molar-refractivity contribution in [3.05, 3.63) is 97.1 Å². The highest BCUT2D eigenvalue weighted by Crippen LogP contribution is 2.21. The maximum absolute atomic E-state index is 13.4. The molecule has 1 heterocycles. The average molecular weight is 494 g/mol. The first-order valence-electron chi connectivity index (χ1n) is 9.19. The zero-order valence-electron chi connectivity index (χ0n) is 16.1. The molecule has 0 amide bonds. The second kappa shape index (κ2) is 7.83. The van der Waals surface area contributed by atoms with Crippen LogP contribution in [0.5, 0.6) is 5.75 Å². The van der Waals surface area contributed by atoms with Gasteiger partial charge in [-0.1, -0.05) is 35.9 Å². The van der Waals surface area contributed by atoms with Crippen molar-refractivity contribution in [2.24, 2.45) is 0 Å². The van der Waals surface area contributed by atoms with Gasteiger partial charge < -0.3 is 5.11 Å². The van der Waals surface area contributed by atoms with Gasteiger partial charge >= 0.3 is 0 Å². The molecule has 1 aromatic heterocycles. The van der Waals surface area contributed by atoms with Crippen molar-refractivity contribution in [2.75, 3.05) is 0 Å². The maximum Gasteiger partial charge on any atom is 0.266 e. The van der Waals surface area contributed by atoms with Crippen LogP contribution in [0.4, 0.5) is 0 Å². The minimum absolute atomic E-state index is 0.0918. The van der Waals surface area contributed by atoms with Crippen LogP contribution in [0, 0.1) is 17.4 Å². The summed E-state index contributed by atoms with van der Waals surface area (Å²) in [6.07, 6.45) is 3.73. The summed E-state index contributed by atoms with van der Waals surface area (Å²) in [6, 6.07) is 18.6. The number of aromatic hydroxyl groups is 1. The summed E-state index contributed by atoms with van der Waals surface area (Å²) in [5.41, 5.74) is 4.46. The van der Waals surface area contributed by atoms with Crippen LogP contribution in [-0.4, -0.2) is 14.7 Å². The van der Waals surface area contributed by atoms with Crippen LogP contribution in [0.15, 0.2) is 65.5 Å². The van der Waals surface area contributed by atoms with Gasteiger partial charge in [0.05, 0.1) is 16.6 Å². The third-order valence-corrected chi connectivity index (χ3v) is 5.44. The fourth-order valence-electron chi connectivity index (χ4n) is 3.33. The van der Waals surface area contributed by atoms with Crippen LogP contribution in [0.1, 0.15) is 22.5 Å². The summed E-state index contributed by atoms with van der Waals surface area (Å²) >= 11 is 2.21. The first kappa shape index (κ1) is 19.4. The first-order valence-corrected chi connectivity index (χ1v) is 10.3. The number of benzene rings is 3. The predicted octanol–water partition coefficient (Wildman–Crippen LogP) is 5.48. The molecule has 5 heteroatoms. The number of aryl methyl sites for hydroxylation is 2. The fraction of sp³-hybridized carbons (Fsp3) is 0.0833. The van der Waals surface area contributed by atoms with E-state index in [2.05, 4.69) is 28.7 Å². The van der Waals surface area contributed by atoms with E-state index in [-0.39, 0.29) is 11.3 Å². The maximum atomic E-state index is 13.4. The molecule has 3 aromatic carbocycles. The molecule has 0 radical (unpaired) electrons. The Morgan fingerprint density at radius 1 is 0.966 bits per heavy atom. The Morgan fingerprint density at radius 3 is 2.45 bits per heavy atom. The van der Waals surface area contributed by atoms with Crippen molar-refractivity contribution in [3.63, 3.8) is 0 Å². The second-order valence-electron chi connectivity index (χ2n) is 6.99.